The zero-order valence-electron chi connectivity index (χ0n) is 19.2. The molecule has 1 atom stereocenters. The van der Waals surface area contributed by atoms with Crippen LogP contribution in [0.4, 0.5) is 4.39 Å². The highest BCUT2D eigenvalue weighted by molar-refractivity contribution is 7.15. The second-order valence-corrected chi connectivity index (χ2v) is 10.4. The highest BCUT2D eigenvalue weighted by atomic mass is 32.1. The van der Waals surface area contributed by atoms with E-state index in [1.807, 2.05) is 11.7 Å². The minimum absolute atomic E-state index is 0.0903. The number of aryl methyl sites for hydroxylation is 3. The second kappa shape index (κ2) is 8.23. The molecule has 0 spiro atoms. The maximum absolute atomic E-state index is 13.4. The highest BCUT2D eigenvalue weighted by Gasteiger charge is 2.31. The molecule has 3 aromatic heterocycles. The van der Waals surface area contributed by atoms with Crippen molar-refractivity contribution in [3.63, 3.8) is 0 Å². The summed E-state index contributed by atoms with van der Waals surface area (Å²) >= 11 is 1.70. The van der Waals surface area contributed by atoms with Crippen molar-refractivity contribution in [3.8, 4) is 22.0 Å². The largest absolute Gasteiger partial charge is 0.292 e. The molecule has 1 aromatic carbocycles. The Labute approximate surface area is 200 Å². The van der Waals surface area contributed by atoms with Gasteiger partial charge >= 0.3 is 0 Å². The quantitative estimate of drug-likeness (QED) is 0.368. The lowest BCUT2D eigenvalue weighted by molar-refractivity contribution is 0.0944. The number of fused-ring (bicyclic) bond motifs is 1. The summed E-state index contributed by atoms with van der Waals surface area (Å²) in [5.74, 6) is 2.11. The van der Waals surface area contributed by atoms with E-state index in [1.54, 1.807) is 34.3 Å². The molecule has 1 aliphatic heterocycles. The number of carbonyl (C=O) groups excluding carboxylic acids is 1. The lowest BCUT2D eigenvalue weighted by Crippen LogP contribution is -2.23. The Hall–Kier alpha value is -3.20. The Morgan fingerprint density at radius 3 is 2.74 bits per heavy atom. The van der Waals surface area contributed by atoms with Gasteiger partial charge in [0, 0.05) is 36.9 Å². The first-order valence-corrected chi connectivity index (χ1v) is 12.5. The highest BCUT2D eigenvalue weighted by Crippen LogP contribution is 2.46. The van der Waals surface area contributed by atoms with Gasteiger partial charge in [0.15, 0.2) is 11.6 Å². The number of hydrogen-bond acceptors (Lipinski definition) is 6. The Morgan fingerprint density at radius 1 is 1.18 bits per heavy atom. The van der Waals surface area contributed by atoms with Crippen molar-refractivity contribution in [1.29, 1.82) is 0 Å². The Kier molecular flexibility index (Phi) is 5.17. The molecular formula is C25H25FN6OS. The summed E-state index contributed by atoms with van der Waals surface area (Å²) in [6.07, 6.45) is 6.22. The van der Waals surface area contributed by atoms with Crippen LogP contribution in [-0.4, -0.2) is 35.3 Å². The van der Waals surface area contributed by atoms with E-state index in [0.29, 0.717) is 30.3 Å². The van der Waals surface area contributed by atoms with Gasteiger partial charge in [0.1, 0.15) is 22.3 Å². The zero-order valence-corrected chi connectivity index (χ0v) is 20.0. The van der Waals surface area contributed by atoms with Gasteiger partial charge in [-0.1, -0.05) is 0 Å². The van der Waals surface area contributed by atoms with Gasteiger partial charge in [-0.25, -0.2) is 19.0 Å². The lowest BCUT2D eigenvalue weighted by Gasteiger charge is -2.21. The third-order valence-electron chi connectivity index (χ3n) is 6.76. The number of hydrogen-bond donors (Lipinski definition) is 0. The molecule has 34 heavy (non-hydrogen) atoms. The first kappa shape index (κ1) is 21.3. The Balaban J connectivity index is 1.20. The van der Waals surface area contributed by atoms with E-state index in [0.717, 1.165) is 40.6 Å². The molecule has 4 aromatic rings. The molecule has 9 heteroatoms. The van der Waals surface area contributed by atoms with Gasteiger partial charge in [-0.3, -0.25) is 9.48 Å². The number of benzene rings is 1. The fourth-order valence-corrected chi connectivity index (χ4v) is 6.04. The first-order chi connectivity index (χ1) is 16.5. The Bertz CT molecular complexity index is 1380. The number of aromatic nitrogens is 6. The zero-order chi connectivity index (χ0) is 23.4. The third-order valence-corrected chi connectivity index (χ3v) is 8.11. The van der Waals surface area contributed by atoms with E-state index < -0.39 is 0 Å². The molecule has 1 saturated carbocycles. The number of nitrogens with zero attached hydrogens (tertiary/aromatic N) is 6. The van der Waals surface area contributed by atoms with E-state index in [1.165, 1.54) is 29.9 Å². The first-order valence-electron chi connectivity index (χ1n) is 11.7. The minimum Gasteiger partial charge on any atom is -0.292 e. The summed E-state index contributed by atoms with van der Waals surface area (Å²) in [5, 5.41) is 9.88. The smallest absolute Gasteiger partial charge is 0.181 e. The average Bonchev–Trinajstić information content (AvgIpc) is 3.27. The summed E-state index contributed by atoms with van der Waals surface area (Å²) in [7, 11) is 1.82. The van der Waals surface area contributed by atoms with E-state index in [9.17, 15) is 9.18 Å². The maximum Gasteiger partial charge on any atom is 0.181 e. The monoisotopic (exact) mass is 476 g/mol. The number of thiazole rings is 1. The fourth-order valence-electron chi connectivity index (χ4n) is 4.80. The van der Waals surface area contributed by atoms with Crippen molar-refractivity contribution >= 4 is 17.1 Å². The van der Waals surface area contributed by atoms with Gasteiger partial charge in [-0.2, -0.15) is 10.2 Å². The number of carbonyl (C=O) groups is 1. The van der Waals surface area contributed by atoms with Gasteiger partial charge in [0.2, 0.25) is 0 Å². The molecule has 7 nitrogen and oxygen atoms in total. The SMILES string of the molecule is Cc1nc(-c2cnn(C)c2C(=O)CC2CCn3nc(-c4ccc(F)cc4)nc3C2)sc1C1CC1. The van der Waals surface area contributed by atoms with Crippen molar-refractivity contribution in [2.24, 2.45) is 13.0 Å². The van der Waals surface area contributed by atoms with Crippen LogP contribution in [0.5, 0.6) is 0 Å². The lowest BCUT2D eigenvalue weighted by atomic mass is 9.91. The molecular weight excluding hydrogens is 451 g/mol. The third kappa shape index (κ3) is 3.87. The van der Waals surface area contributed by atoms with Crippen molar-refractivity contribution in [3.05, 3.63) is 58.4 Å². The number of ketones is 1. The molecule has 2 aliphatic rings. The molecule has 0 radical (unpaired) electrons. The maximum atomic E-state index is 13.4. The summed E-state index contributed by atoms with van der Waals surface area (Å²) in [6, 6.07) is 6.22. The molecule has 1 unspecified atom stereocenters. The summed E-state index contributed by atoms with van der Waals surface area (Å²) in [5.41, 5.74) is 3.34. The van der Waals surface area contributed by atoms with Gasteiger partial charge in [-0.15, -0.1) is 11.3 Å². The summed E-state index contributed by atoms with van der Waals surface area (Å²) < 4.78 is 16.8. The van der Waals surface area contributed by atoms with E-state index in [2.05, 4.69) is 22.1 Å². The van der Waals surface area contributed by atoms with Crippen molar-refractivity contribution < 1.29 is 9.18 Å². The van der Waals surface area contributed by atoms with Crippen LogP contribution in [-0.2, 0) is 20.0 Å². The normalized spacial score (nSPS) is 17.7. The van der Waals surface area contributed by atoms with Crippen molar-refractivity contribution in [2.45, 2.75) is 51.5 Å². The Morgan fingerprint density at radius 2 is 1.97 bits per heavy atom. The molecule has 1 aliphatic carbocycles. The standard InChI is InChI=1S/C25H25FN6OS/c1-14-23(16-3-4-16)34-25(28-14)19-13-27-31(2)22(19)20(33)11-15-9-10-32-21(12-15)29-24(30-32)17-5-7-18(26)8-6-17/h5-8,13,15-16H,3-4,9-12H2,1-2H3. The van der Waals surface area contributed by atoms with E-state index >= 15 is 0 Å². The predicted octanol–water partition coefficient (Wildman–Crippen LogP) is 4.96. The van der Waals surface area contributed by atoms with Gasteiger partial charge in [0.05, 0.1) is 17.5 Å². The van der Waals surface area contributed by atoms with Crippen LogP contribution < -0.4 is 0 Å². The number of Topliss-reactive ketones (excluding diaryl/α,β-unsaturated/α-hetero) is 1. The van der Waals surface area contributed by atoms with Crippen molar-refractivity contribution in [2.75, 3.05) is 0 Å². The molecule has 6 rings (SSSR count). The minimum atomic E-state index is -0.280. The van der Waals surface area contributed by atoms with Crippen LogP contribution in [0.1, 0.15) is 58.5 Å². The average molecular weight is 477 g/mol. The van der Waals surface area contributed by atoms with Crippen LogP contribution in [0.2, 0.25) is 0 Å². The van der Waals surface area contributed by atoms with Crippen LogP contribution >= 0.6 is 11.3 Å². The number of halogens is 1. The molecule has 0 N–H and O–H groups in total. The molecule has 174 valence electrons. The molecule has 0 saturated heterocycles. The van der Waals surface area contributed by atoms with Crippen molar-refractivity contribution in [1.82, 2.24) is 29.5 Å². The van der Waals surface area contributed by atoms with E-state index in [4.69, 9.17) is 4.98 Å². The second-order valence-electron chi connectivity index (χ2n) is 9.34. The van der Waals surface area contributed by atoms with Crippen LogP contribution in [0.15, 0.2) is 30.5 Å². The predicted molar refractivity (Wildman–Crippen MR) is 127 cm³/mol. The molecule has 1 fully saturated rings. The summed E-state index contributed by atoms with van der Waals surface area (Å²) in [6.45, 7) is 2.78. The van der Waals surface area contributed by atoms with E-state index in [-0.39, 0.29) is 17.5 Å². The topological polar surface area (TPSA) is 78.5 Å². The van der Waals surface area contributed by atoms with Crippen LogP contribution in [0, 0.1) is 18.7 Å². The van der Waals surface area contributed by atoms with Gasteiger partial charge < -0.3 is 0 Å². The van der Waals surface area contributed by atoms with Crippen LogP contribution in [0.3, 0.4) is 0 Å². The van der Waals surface area contributed by atoms with Gasteiger partial charge in [-0.05, 0) is 62.3 Å². The molecule has 0 bridgehead atoms. The number of rotatable bonds is 6. The molecule has 4 heterocycles. The summed E-state index contributed by atoms with van der Waals surface area (Å²) in [4.78, 5) is 24.2. The molecule has 0 amide bonds. The van der Waals surface area contributed by atoms with Crippen LogP contribution in [0.25, 0.3) is 22.0 Å². The fraction of sp³-hybridized carbons (Fsp3) is 0.400. The van der Waals surface area contributed by atoms with Gasteiger partial charge in [0.25, 0.3) is 0 Å².